The molecule has 0 radical (unpaired) electrons. The Morgan fingerprint density at radius 1 is 1.35 bits per heavy atom. The van der Waals surface area contributed by atoms with Crippen LogP contribution in [0.1, 0.15) is 24.8 Å². The first-order valence-electron chi connectivity index (χ1n) is 6.94. The lowest BCUT2D eigenvalue weighted by Crippen LogP contribution is -2.57. The predicted octanol–water partition coefficient (Wildman–Crippen LogP) is 1.83. The molecule has 0 spiro atoms. The topological polar surface area (TPSA) is 49.4 Å². The van der Waals surface area contributed by atoms with Crippen molar-refractivity contribution < 1.29 is 9.59 Å². The maximum Gasteiger partial charge on any atom is 0.239 e. The number of benzene rings is 1. The highest BCUT2D eigenvalue weighted by atomic mass is 79.9. The molecule has 0 bridgehead atoms. The highest BCUT2D eigenvalue weighted by Crippen LogP contribution is 2.45. The zero-order chi connectivity index (χ0) is 14.2. The molecule has 2 amide bonds. The fourth-order valence-corrected chi connectivity index (χ4v) is 3.46. The minimum atomic E-state index is -0.415. The maximum atomic E-state index is 12.9. The molecule has 1 saturated heterocycles. The number of rotatable bonds is 2. The Morgan fingerprint density at radius 2 is 2.15 bits per heavy atom. The van der Waals surface area contributed by atoms with Gasteiger partial charge in [0.1, 0.15) is 0 Å². The van der Waals surface area contributed by atoms with E-state index in [1.165, 1.54) is 0 Å². The molecule has 1 aromatic rings. The number of piperazine rings is 1. The molecule has 2 fully saturated rings. The van der Waals surface area contributed by atoms with Crippen molar-refractivity contribution in [3.05, 3.63) is 34.3 Å². The van der Waals surface area contributed by atoms with Crippen molar-refractivity contribution in [3.63, 3.8) is 0 Å². The summed E-state index contributed by atoms with van der Waals surface area (Å²) < 4.78 is 0.991. The van der Waals surface area contributed by atoms with Crippen molar-refractivity contribution in [1.29, 1.82) is 0 Å². The second-order valence-electron chi connectivity index (χ2n) is 5.52. The van der Waals surface area contributed by atoms with Gasteiger partial charge in [-0.1, -0.05) is 34.5 Å². The number of amides is 2. The number of nitrogens with zero attached hydrogens (tertiary/aromatic N) is 1. The normalized spacial score (nSPS) is 21.1. The number of hydrogen-bond donors (Lipinski definition) is 1. The molecule has 1 heterocycles. The van der Waals surface area contributed by atoms with Gasteiger partial charge in [-0.3, -0.25) is 9.59 Å². The Morgan fingerprint density at radius 3 is 2.75 bits per heavy atom. The standard InChI is InChI=1S/C15H17BrN2O2/c16-12-4-1-3-11(9-12)15(5-2-6-15)14(20)18-8-7-17-13(19)10-18/h1,3-4,9H,2,5-8,10H2,(H,17,19). The van der Waals surface area contributed by atoms with Crippen molar-refractivity contribution in [1.82, 2.24) is 10.2 Å². The molecule has 1 aliphatic heterocycles. The molecule has 1 aromatic carbocycles. The number of hydrogen-bond acceptors (Lipinski definition) is 2. The molecule has 1 saturated carbocycles. The summed E-state index contributed by atoms with van der Waals surface area (Å²) in [6, 6.07) is 7.98. The molecule has 0 aromatic heterocycles. The van der Waals surface area contributed by atoms with Crippen LogP contribution in [0.4, 0.5) is 0 Å². The second-order valence-corrected chi connectivity index (χ2v) is 6.44. The van der Waals surface area contributed by atoms with Gasteiger partial charge in [0.15, 0.2) is 0 Å². The number of carbonyl (C=O) groups excluding carboxylic acids is 2. The summed E-state index contributed by atoms with van der Waals surface area (Å²) in [5.41, 5.74) is 0.649. The van der Waals surface area contributed by atoms with Crippen molar-refractivity contribution in [2.75, 3.05) is 19.6 Å². The van der Waals surface area contributed by atoms with Crippen LogP contribution in [0, 0.1) is 0 Å². The largest absolute Gasteiger partial charge is 0.353 e. The fourth-order valence-electron chi connectivity index (χ4n) is 3.06. The molecule has 0 unspecified atom stereocenters. The first-order valence-corrected chi connectivity index (χ1v) is 7.73. The zero-order valence-electron chi connectivity index (χ0n) is 11.2. The average Bonchev–Trinajstić information content (AvgIpc) is 2.37. The Kier molecular flexibility index (Phi) is 3.54. The van der Waals surface area contributed by atoms with E-state index in [4.69, 9.17) is 0 Å². The average molecular weight is 337 g/mol. The van der Waals surface area contributed by atoms with Crippen molar-refractivity contribution in [2.45, 2.75) is 24.7 Å². The van der Waals surface area contributed by atoms with Crippen LogP contribution in [-0.4, -0.2) is 36.3 Å². The van der Waals surface area contributed by atoms with Gasteiger partial charge in [-0.15, -0.1) is 0 Å². The van der Waals surface area contributed by atoms with Crippen LogP contribution in [0.5, 0.6) is 0 Å². The van der Waals surface area contributed by atoms with E-state index in [1.54, 1.807) is 4.90 Å². The van der Waals surface area contributed by atoms with E-state index in [2.05, 4.69) is 21.2 Å². The Hall–Kier alpha value is -1.36. The molecule has 1 aliphatic carbocycles. The zero-order valence-corrected chi connectivity index (χ0v) is 12.8. The van der Waals surface area contributed by atoms with Crippen LogP contribution in [0.2, 0.25) is 0 Å². The quantitative estimate of drug-likeness (QED) is 0.895. The second kappa shape index (κ2) is 5.20. The van der Waals surface area contributed by atoms with Crippen LogP contribution >= 0.6 is 15.9 Å². The van der Waals surface area contributed by atoms with E-state index >= 15 is 0 Å². The third kappa shape index (κ3) is 2.24. The van der Waals surface area contributed by atoms with E-state index in [9.17, 15) is 9.59 Å². The maximum absolute atomic E-state index is 12.9. The van der Waals surface area contributed by atoms with Crippen LogP contribution in [0.15, 0.2) is 28.7 Å². The number of nitrogens with one attached hydrogen (secondary N) is 1. The molecule has 106 valence electrons. The van der Waals surface area contributed by atoms with Gasteiger partial charge in [-0.25, -0.2) is 0 Å². The summed E-state index contributed by atoms with van der Waals surface area (Å²) >= 11 is 3.47. The SMILES string of the molecule is O=C1CN(C(=O)C2(c3cccc(Br)c3)CCC2)CCN1. The first kappa shape index (κ1) is 13.6. The summed E-state index contributed by atoms with van der Waals surface area (Å²) in [5, 5.41) is 2.76. The fraction of sp³-hybridized carbons (Fsp3) is 0.467. The molecule has 4 nitrogen and oxygen atoms in total. The molecule has 0 atom stereocenters. The first-order chi connectivity index (χ1) is 9.62. The number of carbonyl (C=O) groups is 2. The molecule has 1 N–H and O–H groups in total. The molecule has 5 heteroatoms. The van der Waals surface area contributed by atoms with Crippen molar-refractivity contribution >= 4 is 27.7 Å². The Bertz CT molecular complexity index is 555. The Balaban J connectivity index is 1.88. The van der Waals surface area contributed by atoms with E-state index in [0.29, 0.717) is 13.1 Å². The third-order valence-corrected chi connectivity index (χ3v) is 4.81. The summed E-state index contributed by atoms with van der Waals surface area (Å²) in [6.45, 7) is 1.36. The van der Waals surface area contributed by atoms with Crippen molar-refractivity contribution in [2.24, 2.45) is 0 Å². The van der Waals surface area contributed by atoms with Crippen LogP contribution < -0.4 is 5.32 Å². The van der Waals surface area contributed by atoms with E-state index in [1.807, 2.05) is 24.3 Å². The molecular formula is C15H17BrN2O2. The van der Waals surface area contributed by atoms with Gasteiger partial charge in [0.25, 0.3) is 0 Å². The smallest absolute Gasteiger partial charge is 0.239 e. The lowest BCUT2D eigenvalue weighted by atomic mass is 9.63. The summed E-state index contributed by atoms with van der Waals surface area (Å²) in [6.07, 6.45) is 2.82. The van der Waals surface area contributed by atoms with Gasteiger partial charge in [0.2, 0.25) is 11.8 Å². The third-order valence-electron chi connectivity index (χ3n) is 4.32. The van der Waals surface area contributed by atoms with Crippen molar-refractivity contribution in [3.8, 4) is 0 Å². The van der Waals surface area contributed by atoms with Gasteiger partial charge < -0.3 is 10.2 Å². The van der Waals surface area contributed by atoms with Gasteiger partial charge in [-0.05, 0) is 30.5 Å². The van der Waals surface area contributed by atoms with Gasteiger partial charge in [0.05, 0.1) is 12.0 Å². The van der Waals surface area contributed by atoms with E-state index < -0.39 is 5.41 Å². The lowest BCUT2D eigenvalue weighted by Gasteiger charge is -2.44. The summed E-state index contributed by atoms with van der Waals surface area (Å²) in [5.74, 6) is 0.0463. The highest BCUT2D eigenvalue weighted by molar-refractivity contribution is 9.10. The Labute approximate surface area is 126 Å². The predicted molar refractivity (Wildman–Crippen MR) is 79.3 cm³/mol. The minimum Gasteiger partial charge on any atom is -0.353 e. The van der Waals surface area contributed by atoms with E-state index in [-0.39, 0.29) is 18.4 Å². The van der Waals surface area contributed by atoms with Crippen LogP contribution in [0.3, 0.4) is 0 Å². The highest BCUT2D eigenvalue weighted by Gasteiger charge is 2.48. The van der Waals surface area contributed by atoms with Crippen LogP contribution in [0.25, 0.3) is 0 Å². The van der Waals surface area contributed by atoms with Gasteiger partial charge >= 0.3 is 0 Å². The minimum absolute atomic E-state index is 0.0617. The summed E-state index contributed by atoms with van der Waals surface area (Å²) in [7, 11) is 0. The molecule has 20 heavy (non-hydrogen) atoms. The van der Waals surface area contributed by atoms with Crippen LogP contribution in [-0.2, 0) is 15.0 Å². The van der Waals surface area contributed by atoms with Gasteiger partial charge in [0, 0.05) is 17.6 Å². The molecule has 2 aliphatic rings. The monoisotopic (exact) mass is 336 g/mol. The summed E-state index contributed by atoms with van der Waals surface area (Å²) in [4.78, 5) is 26.1. The molecular weight excluding hydrogens is 320 g/mol. The molecule has 3 rings (SSSR count). The van der Waals surface area contributed by atoms with E-state index in [0.717, 1.165) is 29.3 Å². The number of halogens is 1. The lowest BCUT2D eigenvalue weighted by molar-refractivity contribution is -0.145. The van der Waals surface area contributed by atoms with Gasteiger partial charge in [-0.2, -0.15) is 0 Å².